The first-order valence-corrected chi connectivity index (χ1v) is 47.9. The maximum absolute atomic E-state index is 17.2. The van der Waals surface area contributed by atoms with Gasteiger partial charge in [-0.1, -0.05) is 260 Å². The maximum atomic E-state index is 17.2. The lowest BCUT2D eigenvalue weighted by Gasteiger charge is -2.35. The van der Waals surface area contributed by atoms with Gasteiger partial charge in [0, 0.05) is 82.3 Å². The molecular weight excluding hydrogens is 1690 g/mol. The van der Waals surface area contributed by atoms with E-state index in [2.05, 4.69) is 0 Å². The molecule has 0 spiro atoms. The van der Waals surface area contributed by atoms with Crippen LogP contribution in [-0.4, -0.2) is 75.5 Å². The molecule has 2 aliphatic rings. The lowest BCUT2D eigenvalue weighted by atomic mass is 9.81. The first-order valence-electron chi connectivity index (χ1n) is 38.8. The van der Waals surface area contributed by atoms with Gasteiger partial charge in [0.2, 0.25) is 0 Å². The average Bonchev–Trinajstić information content (AvgIpc) is 0.667. The van der Waals surface area contributed by atoms with E-state index >= 15 is 19.2 Å². The Morgan fingerprint density at radius 2 is 0.475 bits per heavy atom. The minimum atomic E-state index is -5.03. The van der Waals surface area contributed by atoms with E-state index in [9.17, 15) is 51.9 Å². The number of hydrogen-bond donors (Lipinski definition) is 4. The number of carbonyl (C=O) groups is 4. The van der Waals surface area contributed by atoms with E-state index in [0.29, 0.717) is 74.8 Å². The smallest absolute Gasteiger partial charge is 0.282 e. The van der Waals surface area contributed by atoms with Gasteiger partial charge in [0.25, 0.3) is 64.1 Å². The summed E-state index contributed by atoms with van der Waals surface area (Å²) in [4.78, 5) is 72.5. The monoisotopic (exact) mass is 1770 g/mol. The molecule has 0 saturated heterocycles. The number of anilines is 2. The van der Waals surface area contributed by atoms with Crippen LogP contribution in [0, 0.1) is 0 Å². The Balaban J connectivity index is 1.13. The summed E-state index contributed by atoms with van der Waals surface area (Å²) in [6.07, 6.45) is 0. The molecule has 2 aliphatic heterocycles. The zero-order chi connectivity index (χ0) is 86.2. The second-order valence-corrected chi connectivity index (χ2v) is 41.2. The summed E-state index contributed by atoms with van der Waals surface area (Å²) in [7, 11) is -19.7. The van der Waals surface area contributed by atoms with E-state index in [-0.39, 0.29) is 109 Å². The number of benzene rings is 15. The van der Waals surface area contributed by atoms with Gasteiger partial charge in [-0.2, -0.15) is 33.7 Å². The van der Waals surface area contributed by atoms with Gasteiger partial charge in [-0.3, -0.25) is 37.4 Å². The fourth-order valence-electron chi connectivity index (χ4n) is 16.7. The molecule has 0 radical (unpaired) electrons. The summed E-state index contributed by atoms with van der Waals surface area (Å²) >= 11 is 4.75. The SMILES string of the molecule is CC(C)c1cccc(C(C)C)c1N1C(=O)c2cc(Sc3ccccc3-c3ccccc3)c3c4c(Sc5ccccc5-c5ccccc5)cc5c6c(cc(Sc7ccc(S(=O)(=O)O)cc7-c7ccc(S(=O)(=O)O)cc7)c(c7c(Sc8ccc(S(=O)(=O)O)cc8-c8ccc(S(=O)(=O)O)cc8)cc(c2c37)C1=O)c64)C(=O)N(c1c(C(C)C)cccc1C(C)C)C5=O. The van der Waals surface area contributed by atoms with Gasteiger partial charge < -0.3 is 0 Å². The van der Waals surface area contributed by atoms with Crippen LogP contribution in [0.4, 0.5) is 11.4 Å². The van der Waals surface area contributed by atoms with Crippen LogP contribution in [0.3, 0.4) is 0 Å². The van der Waals surface area contributed by atoms with Gasteiger partial charge in [-0.25, -0.2) is 9.80 Å². The van der Waals surface area contributed by atoms with Crippen molar-refractivity contribution in [3.8, 4) is 44.5 Å². The number of para-hydroxylation sites is 2. The Hall–Kier alpha value is -11.1. The number of nitrogens with zero attached hydrogens (tertiary/aromatic N) is 2. The van der Waals surface area contributed by atoms with Crippen molar-refractivity contribution < 1.29 is 71.1 Å². The standard InChI is InChI=1S/C96H74N2O16S8/c1-51(2)63-27-19-28-64(52(3)4)91(63)97-93(99)71-47-79(115-75-31-17-15-25-67(75)55-21-11-9-12-22-55)85-86-80(116-76-32-18-16-26-68(76)56-23-13-10-14-24-56)48-72-84-74(96(102)98(94(72)100)92-65(53(5)6)29-20-30-66(92)54(7)8)50-82(118-78-44-42-62(122(112,113)114)46-70(78)58-35-39-60(40-36-58)120(106,107)108)88(90(84)86)87-81(49-73(95(97)101)83(71)89(85)87)117-77-43-41-61(121(109,110)111)45-69(77)57-33-37-59(38-34-57)119(103,104)105/h9-54H,1-8H3,(H,103,104,105)(H,106,107,108)(H,109,110,111)(H,112,113,114). The Morgan fingerprint density at radius 1 is 0.230 bits per heavy atom. The van der Waals surface area contributed by atoms with Crippen LogP contribution in [0.2, 0.25) is 0 Å². The first kappa shape index (κ1) is 83.2. The third kappa shape index (κ3) is 14.8. The van der Waals surface area contributed by atoms with Crippen molar-refractivity contribution in [1.29, 1.82) is 0 Å². The van der Waals surface area contributed by atoms with Crippen molar-refractivity contribution in [3.05, 3.63) is 299 Å². The minimum absolute atomic E-state index is 0.0271. The summed E-state index contributed by atoms with van der Waals surface area (Å²) in [5.74, 6) is -3.83. The molecule has 0 aliphatic carbocycles. The van der Waals surface area contributed by atoms with Crippen molar-refractivity contribution >= 4 is 166 Å². The highest BCUT2D eigenvalue weighted by molar-refractivity contribution is 8.01. The molecule has 0 saturated carbocycles. The summed E-state index contributed by atoms with van der Waals surface area (Å²) < 4.78 is 148. The van der Waals surface area contributed by atoms with E-state index in [1.54, 1.807) is 12.1 Å². The summed E-state index contributed by atoms with van der Waals surface area (Å²) in [6, 6.07) is 71.0. The third-order valence-corrected chi connectivity index (χ3v) is 30.2. The van der Waals surface area contributed by atoms with Crippen LogP contribution in [0.5, 0.6) is 0 Å². The van der Waals surface area contributed by atoms with Gasteiger partial charge in [0.1, 0.15) is 0 Å². The number of carbonyl (C=O) groups excluding carboxylic acids is 4. The number of rotatable bonds is 22. The third-order valence-electron chi connectivity index (χ3n) is 22.3. The first-order chi connectivity index (χ1) is 58.0. The second kappa shape index (κ2) is 31.7. The number of hydrogen-bond acceptors (Lipinski definition) is 16. The molecule has 612 valence electrons. The molecule has 0 aromatic heterocycles. The molecule has 15 aromatic carbocycles. The predicted molar refractivity (Wildman–Crippen MR) is 482 cm³/mol. The molecule has 2 heterocycles. The van der Waals surface area contributed by atoms with Gasteiger partial charge in [-0.05, 0) is 187 Å². The molecule has 0 fully saturated rings. The van der Waals surface area contributed by atoms with Crippen molar-refractivity contribution in [2.75, 3.05) is 9.80 Å². The van der Waals surface area contributed by atoms with E-state index in [4.69, 9.17) is 0 Å². The van der Waals surface area contributed by atoms with Crippen LogP contribution in [0.25, 0.3) is 87.6 Å². The lowest BCUT2D eigenvalue weighted by molar-refractivity contribution is 0.0876. The van der Waals surface area contributed by atoms with E-state index in [1.165, 1.54) is 94.0 Å². The topological polar surface area (TPSA) is 292 Å². The molecule has 0 unspecified atom stereocenters. The van der Waals surface area contributed by atoms with Crippen molar-refractivity contribution in [1.82, 2.24) is 0 Å². The van der Waals surface area contributed by atoms with Crippen molar-refractivity contribution in [2.24, 2.45) is 0 Å². The van der Waals surface area contributed by atoms with Gasteiger partial charge >= 0.3 is 0 Å². The highest BCUT2D eigenvalue weighted by Gasteiger charge is 2.44. The van der Waals surface area contributed by atoms with Gasteiger partial charge in [0.15, 0.2) is 0 Å². The Labute approximate surface area is 722 Å². The molecular formula is C96H74N2O16S8. The number of amides is 4. The van der Waals surface area contributed by atoms with E-state index < -0.39 is 83.7 Å². The fraction of sp³-hybridized carbons (Fsp3) is 0.125. The minimum Gasteiger partial charge on any atom is -0.282 e. The van der Waals surface area contributed by atoms with Crippen molar-refractivity contribution in [2.45, 2.75) is 138 Å². The zero-order valence-corrected chi connectivity index (χ0v) is 72.9. The second-order valence-electron chi connectivity index (χ2n) is 31.2. The highest BCUT2D eigenvalue weighted by Crippen LogP contribution is 2.60. The van der Waals surface area contributed by atoms with Crippen LogP contribution in [0.15, 0.2) is 314 Å². The fourth-order valence-corrected chi connectivity index (χ4v) is 23.2. The molecule has 17 rings (SSSR count). The van der Waals surface area contributed by atoms with Crippen LogP contribution in [-0.2, 0) is 40.5 Å². The van der Waals surface area contributed by atoms with Gasteiger partial charge in [-0.15, -0.1) is 0 Å². The molecule has 18 nitrogen and oxygen atoms in total. The largest absolute Gasteiger partial charge is 0.294 e. The Kier molecular flexibility index (Phi) is 21.6. The van der Waals surface area contributed by atoms with Crippen molar-refractivity contribution in [3.63, 3.8) is 0 Å². The summed E-state index contributed by atoms with van der Waals surface area (Å²) in [6.45, 7) is 15.8. The highest BCUT2D eigenvalue weighted by atomic mass is 32.2. The predicted octanol–water partition coefficient (Wildman–Crippen LogP) is 24.1. The zero-order valence-electron chi connectivity index (χ0n) is 66.4. The molecule has 0 atom stereocenters. The maximum Gasteiger partial charge on any atom is 0.294 e. The quantitative estimate of drug-likeness (QED) is 0.0212. The van der Waals surface area contributed by atoms with Crippen LogP contribution in [0.1, 0.15) is 143 Å². The molecule has 26 heteroatoms. The normalized spacial score (nSPS) is 13.5. The van der Waals surface area contributed by atoms with Gasteiger partial charge in [0.05, 0.1) is 53.2 Å². The summed E-state index contributed by atoms with van der Waals surface area (Å²) in [5, 5.41) is 2.49. The average molecular weight is 1770 g/mol. The number of fused-ring (bicyclic) bond motifs is 2. The molecule has 122 heavy (non-hydrogen) atoms. The lowest BCUT2D eigenvalue weighted by Crippen LogP contribution is -2.42. The Bertz CT molecular complexity index is 6980. The molecule has 4 N–H and O–H groups in total. The summed E-state index contributed by atoms with van der Waals surface area (Å²) in [5.41, 5.74) is 7.60. The van der Waals surface area contributed by atoms with E-state index in [1.807, 2.05) is 213 Å². The molecule has 0 bridgehead atoms. The molecule has 4 amide bonds. The number of imide groups is 2. The van der Waals surface area contributed by atoms with Crippen LogP contribution < -0.4 is 9.80 Å². The Morgan fingerprint density at radius 3 is 0.746 bits per heavy atom. The van der Waals surface area contributed by atoms with Crippen LogP contribution >= 0.6 is 47.0 Å². The van der Waals surface area contributed by atoms with E-state index in [0.717, 1.165) is 70.0 Å². The molecule has 15 aromatic rings.